The van der Waals surface area contributed by atoms with Crippen LogP contribution in [0.4, 0.5) is 0 Å². The molecule has 0 saturated carbocycles. The van der Waals surface area contributed by atoms with Crippen molar-refractivity contribution < 1.29 is 0 Å². The van der Waals surface area contributed by atoms with E-state index in [9.17, 15) is 0 Å². The van der Waals surface area contributed by atoms with Gasteiger partial charge in [0.2, 0.25) is 0 Å². The molecule has 54 valence electrons. The van der Waals surface area contributed by atoms with E-state index in [0.717, 1.165) is 19.4 Å². The average Bonchev–Trinajstić information content (AvgIpc) is 1.85. The predicted molar refractivity (Wildman–Crippen MR) is 41.0 cm³/mol. The maximum Gasteiger partial charge on any atom is 0.0320 e. The quantitative estimate of drug-likeness (QED) is 0.352. The lowest BCUT2D eigenvalue weighted by Gasteiger charge is -2.02. The summed E-state index contributed by atoms with van der Waals surface area (Å²) in [7, 11) is 0. The molecule has 3 heteroatoms. The molecule has 0 aliphatic carbocycles. The third-order valence-electron chi connectivity index (χ3n) is 1.01. The van der Waals surface area contributed by atoms with Crippen molar-refractivity contribution in [2.75, 3.05) is 6.54 Å². The van der Waals surface area contributed by atoms with Crippen LogP contribution in [-0.2, 0) is 0 Å². The number of halogens is 1. The minimum absolute atomic E-state index is 0.747. The van der Waals surface area contributed by atoms with Gasteiger partial charge in [-0.25, -0.2) is 5.43 Å². The Balaban J connectivity index is 3.06. The monoisotopic (exact) mass is 148 g/mol. The summed E-state index contributed by atoms with van der Waals surface area (Å²) in [5.74, 6) is 0. The van der Waals surface area contributed by atoms with E-state index >= 15 is 0 Å². The number of rotatable bonds is 5. The molecule has 0 aliphatic heterocycles. The molecule has 0 amide bonds. The fourth-order valence-corrected chi connectivity index (χ4v) is 0.667. The second-order valence-corrected chi connectivity index (χ2v) is 2.14. The first-order valence-electron chi connectivity index (χ1n) is 3.06. The Labute approximate surface area is 61.4 Å². The lowest BCUT2D eigenvalue weighted by Crippen LogP contribution is -2.24. The minimum atomic E-state index is 0.747. The van der Waals surface area contributed by atoms with E-state index in [1.54, 1.807) is 0 Å². The molecule has 0 radical (unpaired) electrons. The molecule has 0 aromatic heterocycles. The highest BCUT2D eigenvalue weighted by Gasteiger charge is 1.88. The first kappa shape index (κ1) is 8.95. The van der Waals surface area contributed by atoms with E-state index in [0.29, 0.717) is 0 Å². The maximum absolute atomic E-state index is 5.14. The van der Waals surface area contributed by atoms with Crippen LogP contribution < -0.4 is 10.4 Å². The summed E-state index contributed by atoms with van der Waals surface area (Å²) in [4.78, 5) is 2.32. The van der Waals surface area contributed by atoms with Gasteiger partial charge in [0, 0.05) is 6.54 Å². The Morgan fingerprint density at radius 3 is 2.78 bits per heavy atom. The summed E-state index contributed by atoms with van der Waals surface area (Å²) in [5, 5.41) is 0. The van der Waals surface area contributed by atoms with Gasteiger partial charge in [-0.05, 0) is 18.2 Å². The van der Waals surface area contributed by atoms with Crippen LogP contribution in [0.5, 0.6) is 0 Å². The van der Waals surface area contributed by atoms with Gasteiger partial charge in [0.1, 0.15) is 0 Å². The molecule has 9 heavy (non-hydrogen) atoms. The molecule has 0 fully saturated rings. The molecule has 2 N–H and O–H groups in total. The second-order valence-electron chi connectivity index (χ2n) is 1.95. The Kier molecular flexibility index (Phi) is 6.04. The van der Waals surface area contributed by atoms with Gasteiger partial charge < -0.3 is 0 Å². The zero-order valence-corrected chi connectivity index (χ0v) is 6.46. The standard InChI is InChI=1S/C6H13ClN2/c1-3-4-6(2)5-8-9-7/h8-9H,2-5H2,1H3. The molecule has 0 saturated heterocycles. The van der Waals surface area contributed by atoms with Gasteiger partial charge in [0.05, 0.1) is 0 Å². The van der Waals surface area contributed by atoms with Gasteiger partial charge in [-0.3, -0.25) is 0 Å². The summed E-state index contributed by atoms with van der Waals surface area (Å²) in [5.41, 5.74) is 3.92. The van der Waals surface area contributed by atoms with E-state index in [2.05, 4.69) is 23.9 Å². The van der Waals surface area contributed by atoms with Crippen molar-refractivity contribution >= 4 is 11.8 Å². The summed E-state index contributed by atoms with van der Waals surface area (Å²) < 4.78 is 0. The highest BCUT2D eigenvalue weighted by Crippen LogP contribution is 1.97. The van der Waals surface area contributed by atoms with E-state index in [-0.39, 0.29) is 0 Å². The zero-order valence-electron chi connectivity index (χ0n) is 5.71. The van der Waals surface area contributed by atoms with Crippen molar-refractivity contribution in [3.8, 4) is 0 Å². The zero-order chi connectivity index (χ0) is 7.11. The molecule has 0 spiro atoms. The Morgan fingerprint density at radius 1 is 1.67 bits per heavy atom. The highest BCUT2D eigenvalue weighted by molar-refractivity contribution is 6.13. The van der Waals surface area contributed by atoms with Crippen molar-refractivity contribution in [1.29, 1.82) is 0 Å². The van der Waals surface area contributed by atoms with Gasteiger partial charge in [-0.15, -0.1) is 0 Å². The molecule has 0 aliphatic rings. The van der Waals surface area contributed by atoms with Gasteiger partial charge in [0.25, 0.3) is 0 Å². The van der Waals surface area contributed by atoms with Crippen molar-refractivity contribution in [2.24, 2.45) is 0 Å². The van der Waals surface area contributed by atoms with Crippen LogP contribution in [0.1, 0.15) is 19.8 Å². The van der Waals surface area contributed by atoms with Crippen LogP contribution in [0, 0.1) is 0 Å². The largest absolute Gasteiger partial charge is 0.240 e. The first-order chi connectivity index (χ1) is 4.31. The summed E-state index contributed by atoms with van der Waals surface area (Å²) in [6, 6.07) is 0. The average molecular weight is 149 g/mol. The molecular formula is C6H13ClN2. The van der Waals surface area contributed by atoms with Crippen LogP contribution in [0.15, 0.2) is 12.2 Å². The lowest BCUT2D eigenvalue weighted by atomic mass is 10.2. The smallest absolute Gasteiger partial charge is 0.0320 e. The summed E-state index contributed by atoms with van der Waals surface area (Å²) >= 11 is 5.14. The SMILES string of the molecule is C=C(CCC)CNNCl. The number of nitrogens with one attached hydrogen (secondary N) is 2. The Bertz CT molecular complexity index is 83.1. The molecule has 0 unspecified atom stereocenters. The van der Waals surface area contributed by atoms with E-state index in [1.165, 1.54) is 5.57 Å². The molecule has 0 atom stereocenters. The fraction of sp³-hybridized carbons (Fsp3) is 0.667. The third-order valence-corrected chi connectivity index (χ3v) is 1.14. The van der Waals surface area contributed by atoms with E-state index < -0.39 is 0 Å². The van der Waals surface area contributed by atoms with Crippen LogP contribution in [0.3, 0.4) is 0 Å². The molecule has 0 aromatic carbocycles. The number of hydrazine groups is 1. The first-order valence-corrected chi connectivity index (χ1v) is 3.44. The lowest BCUT2D eigenvalue weighted by molar-refractivity contribution is 0.700. The summed E-state index contributed by atoms with van der Waals surface area (Å²) in [6.07, 6.45) is 2.20. The van der Waals surface area contributed by atoms with Crippen LogP contribution in [0.2, 0.25) is 0 Å². The number of hydrogen-bond acceptors (Lipinski definition) is 2. The molecule has 2 nitrogen and oxygen atoms in total. The van der Waals surface area contributed by atoms with Crippen LogP contribution in [-0.4, -0.2) is 6.54 Å². The molecule has 0 rings (SSSR count). The fourth-order valence-electron chi connectivity index (χ4n) is 0.600. The van der Waals surface area contributed by atoms with Crippen molar-refractivity contribution in [3.63, 3.8) is 0 Å². The van der Waals surface area contributed by atoms with E-state index in [4.69, 9.17) is 11.8 Å². The van der Waals surface area contributed by atoms with Crippen molar-refractivity contribution in [2.45, 2.75) is 19.8 Å². The summed E-state index contributed by atoms with van der Waals surface area (Å²) in [6.45, 7) is 6.69. The molecular weight excluding hydrogens is 136 g/mol. The Morgan fingerprint density at radius 2 is 2.33 bits per heavy atom. The Hall–Kier alpha value is -0.0500. The van der Waals surface area contributed by atoms with Crippen LogP contribution >= 0.6 is 11.8 Å². The normalized spacial score (nSPS) is 9.56. The topological polar surface area (TPSA) is 24.1 Å². The van der Waals surface area contributed by atoms with Gasteiger partial charge in [-0.2, -0.15) is 4.94 Å². The minimum Gasteiger partial charge on any atom is -0.240 e. The van der Waals surface area contributed by atoms with Gasteiger partial charge >= 0.3 is 0 Å². The molecule has 0 heterocycles. The second kappa shape index (κ2) is 6.08. The van der Waals surface area contributed by atoms with Crippen molar-refractivity contribution in [1.82, 2.24) is 10.4 Å². The van der Waals surface area contributed by atoms with Crippen LogP contribution in [0.25, 0.3) is 0 Å². The maximum atomic E-state index is 5.14. The highest BCUT2D eigenvalue weighted by atomic mass is 35.5. The number of hydrogen-bond donors (Lipinski definition) is 2. The predicted octanol–water partition coefficient (Wildman–Crippen LogP) is 1.59. The van der Waals surface area contributed by atoms with E-state index in [1.807, 2.05) is 0 Å². The third kappa shape index (κ3) is 5.83. The van der Waals surface area contributed by atoms with Crippen molar-refractivity contribution in [3.05, 3.63) is 12.2 Å². The van der Waals surface area contributed by atoms with Gasteiger partial charge in [-0.1, -0.05) is 25.5 Å². The van der Waals surface area contributed by atoms with Gasteiger partial charge in [0.15, 0.2) is 0 Å². The molecule has 0 aromatic rings. The molecule has 0 bridgehead atoms.